The van der Waals surface area contributed by atoms with Gasteiger partial charge in [0.2, 0.25) is 0 Å². The van der Waals surface area contributed by atoms with E-state index in [1.165, 1.54) is 6.07 Å². The highest BCUT2D eigenvalue weighted by Gasteiger charge is 2.32. The fourth-order valence-electron chi connectivity index (χ4n) is 2.98. The van der Waals surface area contributed by atoms with Gasteiger partial charge in [-0.3, -0.25) is 0 Å². The van der Waals surface area contributed by atoms with Crippen LogP contribution in [-0.2, 0) is 19.3 Å². The predicted molar refractivity (Wildman–Crippen MR) is 104 cm³/mol. The Labute approximate surface area is 161 Å². The Morgan fingerprint density at radius 3 is 1.68 bits per heavy atom. The van der Waals surface area contributed by atoms with Crippen LogP contribution in [0, 0.1) is 0 Å². The average molecular weight is 385 g/mol. The molecule has 0 fully saturated rings. The minimum atomic E-state index is -4.59. The molecule has 3 nitrogen and oxygen atoms in total. The molecule has 0 heterocycles. The van der Waals surface area contributed by atoms with Gasteiger partial charge in [-0.25, -0.2) is 0 Å². The molecule has 0 aliphatic carbocycles. The number of rotatable bonds is 6. The molecule has 0 saturated carbocycles. The summed E-state index contributed by atoms with van der Waals surface area (Å²) in [5, 5.41) is 18.9. The second-order valence-electron chi connectivity index (χ2n) is 6.51. The maximum Gasteiger partial charge on any atom is 0.488 e. The van der Waals surface area contributed by atoms with E-state index in [1.54, 1.807) is 4.90 Å². The molecule has 3 aromatic rings. The lowest BCUT2D eigenvalue weighted by Crippen LogP contribution is -2.33. The molecule has 28 heavy (non-hydrogen) atoms. The highest BCUT2D eigenvalue weighted by molar-refractivity contribution is 6.58. The van der Waals surface area contributed by atoms with Crippen LogP contribution in [-0.4, -0.2) is 17.2 Å². The topological polar surface area (TPSA) is 43.7 Å². The van der Waals surface area contributed by atoms with Crippen LogP contribution in [0.5, 0.6) is 0 Å². The van der Waals surface area contributed by atoms with E-state index < -0.39 is 18.9 Å². The summed E-state index contributed by atoms with van der Waals surface area (Å²) in [7, 11) is -1.99. The van der Waals surface area contributed by atoms with Crippen molar-refractivity contribution in [1.29, 1.82) is 0 Å². The highest BCUT2D eigenvalue weighted by atomic mass is 19.4. The molecule has 0 aliphatic rings. The molecule has 0 spiro atoms. The summed E-state index contributed by atoms with van der Waals surface area (Å²) < 4.78 is 40.0. The highest BCUT2D eigenvalue weighted by Crippen LogP contribution is 2.32. The first-order chi connectivity index (χ1) is 13.3. The van der Waals surface area contributed by atoms with Crippen molar-refractivity contribution >= 4 is 18.3 Å². The summed E-state index contributed by atoms with van der Waals surface area (Å²) in [6.07, 6.45) is -4.59. The van der Waals surface area contributed by atoms with E-state index in [9.17, 15) is 23.2 Å². The van der Waals surface area contributed by atoms with E-state index in [-0.39, 0.29) is 11.2 Å². The monoisotopic (exact) mass is 385 g/mol. The molecular weight excluding hydrogens is 366 g/mol. The minimum absolute atomic E-state index is 0.198. The molecular formula is C21H19BF3NO2. The van der Waals surface area contributed by atoms with Crippen molar-refractivity contribution in [1.82, 2.24) is 0 Å². The Balaban J connectivity index is 2.04. The molecule has 0 unspecified atom stereocenters. The molecule has 144 valence electrons. The SMILES string of the molecule is OB(O)c1cc(N(Cc2ccccc2)Cc2ccccc2)cc(C(F)(F)F)c1. The molecule has 0 aliphatic heterocycles. The van der Waals surface area contributed by atoms with Crippen LogP contribution in [0.3, 0.4) is 0 Å². The zero-order chi connectivity index (χ0) is 20.1. The Morgan fingerprint density at radius 1 is 0.750 bits per heavy atom. The van der Waals surface area contributed by atoms with Gasteiger partial charge in [-0.1, -0.05) is 66.7 Å². The molecule has 0 saturated heterocycles. The van der Waals surface area contributed by atoms with E-state index in [2.05, 4.69) is 0 Å². The van der Waals surface area contributed by atoms with Gasteiger partial charge in [0.15, 0.2) is 0 Å². The molecule has 2 N–H and O–H groups in total. The summed E-state index contributed by atoms with van der Waals surface area (Å²) in [6.45, 7) is 0.746. The van der Waals surface area contributed by atoms with E-state index in [0.29, 0.717) is 13.1 Å². The Bertz CT molecular complexity index is 861. The molecule has 0 bridgehead atoms. The van der Waals surface area contributed by atoms with Crippen LogP contribution in [0.2, 0.25) is 0 Å². The summed E-state index contributed by atoms with van der Waals surface area (Å²) in [5.41, 5.74) is 1.02. The number of hydrogen-bond donors (Lipinski definition) is 2. The molecule has 0 aromatic heterocycles. The number of hydrogen-bond acceptors (Lipinski definition) is 3. The lowest BCUT2D eigenvalue weighted by atomic mass is 9.79. The molecule has 3 rings (SSSR count). The standard InChI is InChI=1S/C21H19BF3NO2/c23-21(24,25)18-11-19(22(27)28)13-20(12-18)26(14-16-7-3-1-4-8-16)15-17-9-5-2-6-10-17/h1-13,27-28H,14-15H2. The summed E-state index contributed by atoms with van der Waals surface area (Å²) in [4.78, 5) is 1.78. The maximum absolute atomic E-state index is 13.3. The Hall–Kier alpha value is -2.77. The first kappa shape index (κ1) is 20.0. The van der Waals surface area contributed by atoms with Gasteiger partial charge in [0.1, 0.15) is 0 Å². The van der Waals surface area contributed by atoms with Gasteiger partial charge in [0.05, 0.1) is 5.56 Å². The average Bonchev–Trinajstić information content (AvgIpc) is 2.68. The van der Waals surface area contributed by atoms with Crippen LogP contribution in [0.25, 0.3) is 0 Å². The van der Waals surface area contributed by atoms with E-state index in [4.69, 9.17) is 0 Å². The first-order valence-corrected chi connectivity index (χ1v) is 8.74. The maximum atomic E-state index is 13.3. The van der Waals surface area contributed by atoms with Crippen molar-refractivity contribution < 1.29 is 23.2 Å². The summed E-state index contributed by atoms with van der Waals surface area (Å²) >= 11 is 0. The lowest BCUT2D eigenvalue weighted by Gasteiger charge is -2.27. The number of halogens is 3. The third kappa shape index (κ3) is 5.15. The second-order valence-corrected chi connectivity index (χ2v) is 6.51. The van der Waals surface area contributed by atoms with Gasteiger partial charge in [0, 0.05) is 18.8 Å². The smallest absolute Gasteiger partial charge is 0.423 e. The predicted octanol–water partition coefficient (Wildman–Crippen LogP) is 3.59. The molecule has 0 radical (unpaired) electrons. The number of alkyl halides is 3. The van der Waals surface area contributed by atoms with Crippen molar-refractivity contribution in [2.24, 2.45) is 0 Å². The van der Waals surface area contributed by atoms with Crippen LogP contribution >= 0.6 is 0 Å². The lowest BCUT2D eigenvalue weighted by molar-refractivity contribution is -0.137. The van der Waals surface area contributed by atoms with Gasteiger partial charge in [-0.05, 0) is 28.7 Å². The van der Waals surface area contributed by atoms with Crippen molar-refractivity contribution in [2.45, 2.75) is 19.3 Å². The Kier molecular flexibility index (Phi) is 6.07. The van der Waals surface area contributed by atoms with Crippen LogP contribution in [0.15, 0.2) is 78.9 Å². The summed E-state index contributed by atoms with van der Waals surface area (Å²) in [5.74, 6) is 0. The third-order valence-electron chi connectivity index (χ3n) is 4.36. The van der Waals surface area contributed by atoms with E-state index in [0.717, 1.165) is 23.3 Å². The van der Waals surface area contributed by atoms with Crippen LogP contribution in [0.4, 0.5) is 18.9 Å². The largest absolute Gasteiger partial charge is 0.488 e. The van der Waals surface area contributed by atoms with Gasteiger partial charge >= 0.3 is 13.3 Å². The van der Waals surface area contributed by atoms with Crippen LogP contribution in [0.1, 0.15) is 16.7 Å². The first-order valence-electron chi connectivity index (χ1n) is 8.74. The van der Waals surface area contributed by atoms with Crippen molar-refractivity contribution in [3.05, 3.63) is 95.6 Å². The zero-order valence-electron chi connectivity index (χ0n) is 15.0. The number of anilines is 1. The molecule has 7 heteroatoms. The normalized spacial score (nSPS) is 11.3. The molecule has 0 atom stereocenters. The van der Waals surface area contributed by atoms with Crippen molar-refractivity contribution in [2.75, 3.05) is 4.90 Å². The molecule has 0 amide bonds. The van der Waals surface area contributed by atoms with Crippen molar-refractivity contribution in [3.8, 4) is 0 Å². The van der Waals surface area contributed by atoms with Gasteiger partial charge < -0.3 is 14.9 Å². The van der Waals surface area contributed by atoms with E-state index in [1.807, 2.05) is 60.7 Å². The second kappa shape index (κ2) is 8.50. The van der Waals surface area contributed by atoms with Gasteiger partial charge in [0.25, 0.3) is 0 Å². The fraction of sp³-hybridized carbons (Fsp3) is 0.143. The Morgan fingerprint density at radius 2 is 1.25 bits per heavy atom. The zero-order valence-corrected chi connectivity index (χ0v) is 15.0. The fourth-order valence-corrected chi connectivity index (χ4v) is 2.98. The number of benzene rings is 3. The van der Waals surface area contributed by atoms with Gasteiger partial charge in [-0.15, -0.1) is 0 Å². The van der Waals surface area contributed by atoms with E-state index >= 15 is 0 Å². The van der Waals surface area contributed by atoms with Crippen LogP contribution < -0.4 is 10.4 Å². The van der Waals surface area contributed by atoms with Gasteiger partial charge in [-0.2, -0.15) is 13.2 Å². The summed E-state index contributed by atoms with van der Waals surface area (Å²) in [6, 6.07) is 22.0. The third-order valence-corrected chi connectivity index (χ3v) is 4.36. The number of nitrogens with zero attached hydrogens (tertiary/aromatic N) is 1. The molecule has 3 aromatic carbocycles. The quantitative estimate of drug-likeness (QED) is 0.638. The minimum Gasteiger partial charge on any atom is -0.423 e. The van der Waals surface area contributed by atoms with Crippen molar-refractivity contribution in [3.63, 3.8) is 0 Å².